The number of hydrogen-bond donors (Lipinski definition) is 6. The molecule has 35 heavy (non-hydrogen) atoms. The van der Waals surface area contributed by atoms with Gasteiger partial charge in [0.1, 0.15) is 12.1 Å². The second kappa shape index (κ2) is 12.9. The average Bonchev–Trinajstić information content (AvgIpc) is 3.26. The fourth-order valence-corrected chi connectivity index (χ4v) is 3.71. The lowest BCUT2D eigenvalue weighted by Crippen LogP contribution is -2.56. The number of nitrogens with two attached hydrogens (primary N) is 1. The van der Waals surface area contributed by atoms with Crippen molar-refractivity contribution in [1.82, 2.24) is 20.9 Å². The van der Waals surface area contributed by atoms with E-state index in [2.05, 4.69) is 20.9 Å². The standard InChI is InChI=1S/C25H37N5O5/c1-5-14(3)21(26)23(32)30-22(15(4)6-2)24(33)28-13-20(31)29-19(25(34)35)11-16-12-27-18-10-8-7-9-17(16)18/h7-10,12,14-15,19,21-22,27H,5-6,11,13,26H2,1-4H3,(H,28,33)(H,29,31)(H,30,32)(H,34,35). The molecule has 3 amide bonds. The van der Waals surface area contributed by atoms with Gasteiger partial charge < -0.3 is 31.8 Å². The van der Waals surface area contributed by atoms with Crippen molar-refractivity contribution in [2.75, 3.05) is 6.54 Å². The highest BCUT2D eigenvalue weighted by Gasteiger charge is 2.30. The molecule has 1 heterocycles. The van der Waals surface area contributed by atoms with Gasteiger partial charge in [0.05, 0.1) is 12.6 Å². The second-order valence-electron chi connectivity index (χ2n) is 9.02. The molecule has 0 radical (unpaired) electrons. The molecule has 0 saturated heterocycles. The van der Waals surface area contributed by atoms with Crippen molar-refractivity contribution in [3.05, 3.63) is 36.0 Å². The molecule has 0 fully saturated rings. The quantitative estimate of drug-likeness (QED) is 0.249. The van der Waals surface area contributed by atoms with Gasteiger partial charge in [-0.2, -0.15) is 0 Å². The van der Waals surface area contributed by atoms with Crippen LogP contribution < -0.4 is 21.7 Å². The van der Waals surface area contributed by atoms with Gasteiger partial charge in [-0.3, -0.25) is 14.4 Å². The molecule has 0 aliphatic carbocycles. The maximum absolute atomic E-state index is 12.8. The number of amides is 3. The lowest BCUT2D eigenvalue weighted by atomic mass is 9.95. The molecule has 7 N–H and O–H groups in total. The summed E-state index contributed by atoms with van der Waals surface area (Å²) in [5.41, 5.74) is 7.62. The van der Waals surface area contributed by atoms with E-state index in [1.165, 1.54) is 0 Å². The van der Waals surface area contributed by atoms with Gasteiger partial charge in [0, 0.05) is 23.5 Å². The van der Waals surface area contributed by atoms with Crippen molar-refractivity contribution >= 4 is 34.6 Å². The molecule has 192 valence electrons. The van der Waals surface area contributed by atoms with E-state index in [1.807, 2.05) is 52.0 Å². The number of carboxylic acid groups (broad SMARTS) is 1. The van der Waals surface area contributed by atoms with Crippen LogP contribution in [0.2, 0.25) is 0 Å². The summed E-state index contributed by atoms with van der Waals surface area (Å²) in [4.78, 5) is 52.6. The SMILES string of the molecule is CCC(C)C(N)C(=O)NC(C(=O)NCC(=O)NC(Cc1c[nH]c2ccccc12)C(=O)O)C(C)CC. The van der Waals surface area contributed by atoms with Crippen molar-refractivity contribution in [2.24, 2.45) is 17.6 Å². The Balaban J connectivity index is 1.98. The molecular formula is C25H37N5O5. The molecule has 10 heteroatoms. The number of H-pyrrole nitrogens is 1. The zero-order valence-electron chi connectivity index (χ0n) is 20.8. The first kappa shape index (κ1) is 27.8. The van der Waals surface area contributed by atoms with E-state index in [1.54, 1.807) is 6.20 Å². The third-order valence-electron chi connectivity index (χ3n) is 6.51. The van der Waals surface area contributed by atoms with Gasteiger partial charge in [0.25, 0.3) is 0 Å². The first-order valence-corrected chi connectivity index (χ1v) is 12.0. The maximum Gasteiger partial charge on any atom is 0.326 e. The van der Waals surface area contributed by atoms with E-state index in [0.717, 1.165) is 22.9 Å². The van der Waals surface area contributed by atoms with Crippen molar-refractivity contribution in [1.29, 1.82) is 0 Å². The Morgan fingerprint density at radius 3 is 2.29 bits per heavy atom. The number of aliphatic carboxylic acids is 1. The van der Waals surface area contributed by atoms with Gasteiger partial charge in [-0.1, -0.05) is 58.7 Å². The lowest BCUT2D eigenvalue weighted by Gasteiger charge is -2.26. The Morgan fingerprint density at radius 2 is 1.66 bits per heavy atom. The van der Waals surface area contributed by atoms with Gasteiger partial charge >= 0.3 is 5.97 Å². The lowest BCUT2D eigenvalue weighted by molar-refractivity contribution is -0.141. The fraction of sp³-hybridized carbons (Fsp3) is 0.520. The van der Waals surface area contributed by atoms with Crippen LogP contribution in [0, 0.1) is 11.8 Å². The van der Waals surface area contributed by atoms with Crippen LogP contribution in [0.15, 0.2) is 30.5 Å². The highest BCUT2D eigenvalue weighted by Crippen LogP contribution is 2.19. The number of carbonyl (C=O) groups is 4. The maximum atomic E-state index is 12.8. The summed E-state index contributed by atoms with van der Waals surface area (Å²) in [6.07, 6.45) is 3.14. The number of nitrogens with one attached hydrogen (secondary N) is 4. The van der Waals surface area contributed by atoms with Crippen LogP contribution in [0.25, 0.3) is 10.9 Å². The molecule has 1 aromatic heterocycles. The summed E-state index contributed by atoms with van der Waals surface area (Å²) in [5.74, 6) is -3.02. The van der Waals surface area contributed by atoms with Crippen LogP contribution in [-0.2, 0) is 25.6 Å². The topological polar surface area (TPSA) is 166 Å². The summed E-state index contributed by atoms with van der Waals surface area (Å²) < 4.78 is 0. The molecule has 0 spiro atoms. The number of para-hydroxylation sites is 1. The Bertz CT molecular complexity index is 1040. The summed E-state index contributed by atoms with van der Waals surface area (Å²) >= 11 is 0. The Kier molecular flexibility index (Phi) is 10.3. The van der Waals surface area contributed by atoms with Crippen molar-refractivity contribution < 1.29 is 24.3 Å². The predicted molar refractivity (Wildman–Crippen MR) is 133 cm³/mol. The Morgan fingerprint density at radius 1 is 1.00 bits per heavy atom. The molecule has 10 nitrogen and oxygen atoms in total. The number of aromatic nitrogens is 1. The minimum atomic E-state index is -1.18. The zero-order valence-corrected chi connectivity index (χ0v) is 20.8. The van der Waals surface area contributed by atoms with Gasteiger partial charge in [-0.15, -0.1) is 0 Å². The molecule has 0 aliphatic heterocycles. The highest BCUT2D eigenvalue weighted by atomic mass is 16.4. The molecule has 0 bridgehead atoms. The molecular weight excluding hydrogens is 450 g/mol. The second-order valence-corrected chi connectivity index (χ2v) is 9.02. The summed E-state index contributed by atoms with van der Waals surface area (Å²) in [6, 6.07) is 4.70. The molecule has 5 atom stereocenters. The molecule has 5 unspecified atom stereocenters. The molecule has 2 aromatic rings. The first-order valence-electron chi connectivity index (χ1n) is 12.0. The van der Waals surface area contributed by atoms with E-state index in [-0.39, 0.29) is 18.3 Å². The van der Waals surface area contributed by atoms with Gasteiger partial charge in [-0.05, 0) is 23.5 Å². The number of benzene rings is 1. The number of carboxylic acids is 1. The van der Waals surface area contributed by atoms with Gasteiger partial charge in [-0.25, -0.2) is 4.79 Å². The van der Waals surface area contributed by atoms with Crippen LogP contribution in [0.3, 0.4) is 0 Å². The summed E-state index contributed by atoms with van der Waals surface area (Å²) in [6.45, 7) is 7.08. The number of rotatable bonds is 13. The van der Waals surface area contributed by atoms with E-state index in [0.29, 0.717) is 6.42 Å². The summed E-state index contributed by atoms with van der Waals surface area (Å²) in [7, 11) is 0. The third kappa shape index (κ3) is 7.54. The minimum Gasteiger partial charge on any atom is -0.480 e. The highest BCUT2D eigenvalue weighted by molar-refractivity contribution is 5.93. The van der Waals surface area contributed by atoms with E-state index >= 15 is 0 Å². The van der Waals surface area contributed by atoms with Crippen LogP contribution >= 0.6 is 0 Å². The van der Waals surface area contributed by atoms with Crippen LogP contribution in [-0.4, -0.2) is 58.5 Å². The van der Waals surface area contributed by atoms with Crippen molar-refractivity contribution in [3.63, 3.8) is 0 Å². The number of carbonyl (C=O) groups excluding carboxylic acids is 3. The number of fused-ring (bicyclic) bond motifs is 1. The molecule has 0 saturated carbocycles. The third-order valence-corrected chi connectivity index (χ3v) is 6.51. The van der Waals surface area contributed by atoms with E-state index in [4.69, 9.17) is 5.73 Å². The summed E-state index contributed by atoms with van der Waals surface area (Å²) in [5, 5.41) is 18.2. The smallest absolute Gasteiger partial charge is 0.326 e. The Labute approximate surface area is 205 Å². The number of aromatic amines is 1. The first-order chi connectivity index (χ1) is 16.6. The van der Waals surface area contributed by atoms with E-state index < -0.39 is 48.4 Å². The zero-order chi connectivity index (χ0) is 26.1. The van der Waals surface area contributed by atoms with Gasteiger partial charge in [0.15, 0.2) is 0 Å². The van der Waals surface area contributed by atoms with Crippen LogP contribution in [0.4, 0.5) is 0 Å². The van der Waals surface area contributed by atoms with Crippen LogP contribution in [0.5, 0.6) is 0 Å². The molecule has 2 rings (SSSR count). The van der Waals surface area contributed by atoms with Crippen molar-refractivity contribution in [2.45, 2.75) is 65.1 Å². The van der Waals surface area contributed by atoms with Crippen molar-refractivity contribution in [3.8, 4) is 0 Å². The number of hydrogen-bond acceptors (Lipinski definition) is 5. The Hall–Kier alpha value is -3.40. The minimum absolute atomic E-state index is 0.0495. The van der Waals surface area contributed by atoms with Gasteiger partial charge in [0.2, 0.25) is 17.7 Å². The molecule has 1 aromatic carbocycles. The fourth-order valence-electron chi connectivity index (χ4n) is 3.71. The van der Waals surface area contributed by atoms with Crippen LogP contribution in [0.1, 0.15) is 46.1 Å². The predicted octanol–water partition coefficient (Wildman–Crippen LogP) is 1.30. The monoisotopic (exact) mass is 487 g/mol. The average molecular weight is 488 g/mol. The van der Waals surface area contributed by atoms with E-state index in [9.17, 15) is 24.3 Å². The molecule has 0 aliphatic rings. The normalized spacial score (nSPS) is 15.5. The largest absolute Gasteiger partial charge is 0.480 e.